The van der Waals surface area contributed by atoms with Crippen LogP contribution in [-0.2, 0) is 17.2 Å². The lowest BCUT2D eigenvalue weighted by molar-refractivity contribution is -0.137. The number of thiophene rings is 1. The molecule has 1 aromatic heterocycles. The first kappa shape index (κ1) is 28.0. The lowest BCUT2D eigenvalue weighted by Crippen LogP contribution is -2.41. The highest BCUT2D eigenvalue weighted by molar-refractivity contribution is 7.85. The van der Waals surface area contributed by atoms with Gasteiger partial charge in [-0.1, -0.05) is 24.8 Å². The Hall–Kier alpha value is -2.55. The van der Waals surface area contributed by atoms with Gasteiger partial charge in [-0.15, -0.1) is 11.3 Å². The summed E-state index contributed by atoms with van der Waals surface area (Å²) in [4.78, 5) is 5.09. The van der Waals surface area contributed by atoms with Gasteiger partial charge in [0.05, 0.1) is 22.2 Å². The number of rotatable bonds is 8. The molecule has 0 saturated carbocycles. The Balaban J connectivity index is 1.60. The molecule has 0 amide bonds. The van der Waals surface area contributed by atoms with Crippen LogP contribution in [0.3, 0.4) is 0 Å². The molecule has 2 unspecified atom stereocenters. The van der Waals surface area contributed by atoms with Crippen molar-refractivity contribution in [1.29, 1.82) is 0 Å². The Bertz CT molecular complexity index is 1220. The second-order valence-electron chi connectivity index (χ2n) is 8.45. The van der Waals surface area contributed by atoms with E-state index in [0.29, 0.717) is 21.1 Å². The molecular formula is C26H27F3N2O3S2. The van der Waals surface area contributed by atoms with E-state index in [9.17, 15) is 27.6 Å². The van der Waals surface area contributed by atoms with Crippen LogP contribution in [-0.4, -0.2) is 33.0 Å². The number of halogens is 3. The van der Waals surface area contributed by atoms with E-state index in [-0.39, 0.29) is 5.92 Å². The number of nitrogens with one attached hydrogen (secondary N) is 1. The van der Waals surface area contributed by atoms with E-state index in [1.165, 1.54) is 17.7 Å². The molecule has 2 aromatic rings. The molecule has 0 fully saturated rings. The maximum Gasteiger partial charge on any atom is 0.416 e. The highest BCUT2D eigenvalue weighted by Crippen LogP contribution is 2.29. The zero-order chi connectivity index (χ0) is 26.3. The molecule has 1 heterocycles. The summed E-state index contributed by atoms with van der Waals surface area (Å²) in [6, 6.07) is 6.95. The third kappa shape index (κ3) is 8.25. The molecule has 1 aliphatic rings. The molecule has 192 valence electrons. The van der Waals surface area contributed by atoms with Gasteiger partial charge in [0.25, 0.3) is 0 Å². The largest absolute Gasteiger partial charge is 0.416 e. The lowest BCUT2D eigenvalue weighted by Gasteiger charge is -2.21. The Morgan fingerprint density at radius 3 is 2.56 bits per heavy atom. The molecule has 10 heteroatoms. The predicted octanol–water partition coefficient (Wildman–Crippen LogP) is 5.18. The number of allylic oxidation sites excluding steroid dienone is 3. The third-order valence-electron chi connectivity index (χ3n) is 5.42. The van der Waals surface area contributed by atoms with Gasteiger partial charge in [-0.25, -0.2) is 8.93 Å². The summed E-state index contributed by atoms with van der Waals surface area (Å²) in [5.74, 6) is 5.54. The molecule has 1 aromatic carbocycles. The highest BCUT2D eigenvalue weighted by Gasteiger charge is 2.29. The van der Waals surface area contributed by atoms with Crippen LogP contribution >= 0.6 is 11.3 Å². The molecule has 3 rings (SSSR count). The van der Waals surface area contributed by atoms with Crippen LogP contribution in [0.1, 0.15) is 49.1 Å². The standard InChI is InChI=1S/C26H27F3N2O3S2/c1-17(16-30-22-6-4-3-5-18(22)2)15-23(25(32)33)31-36(34)24-14-13-21(35-24)12-9-19-7-10-20(11-8-19)26(27,28)29/h4,6-8,10-11,13-14,16-17,23,25,31-33H,3,5,15H2,1-2H3/t17?,23-,36?/m0/s1. The van der Waals surface area contributed by atoms with Gasteiger partial charge in [0.15, 0.2) is 6.29 Å². The molecule has 36 heavy (non-hydrogen) atoms. The van der Waals surface area contributed by atoms with Crippen molar-refractivity contribution >= 4 is 28.5 Å². The van der Waals surface area contributed by atoms with Crippen LogP contribution in [0.5, 0.6) is 0 Å². The first-order chi connectivity index (χ1) is 17.0. The lowest BCUT2D eigenvalue weighted by atomic mass is 10.0. The van der Waals surface area contributed by atoms with E-state index < -0.39 is 35.1 Å². The third-order valence-corrected chi connectivity index (χ3v) is 7.94. The molecule has 0 radical (unpaired) electrons. The average molecular weight is 537 g/mol. The smallest absolute Gasteiger partial charge is 0.367 e. The van der Waals surface area contributed by atoms with Gasteiger partial charge in [0.2, 0.25) is 0 Å². The van der Waals surface area contributed by atoms with Gasteiger partial charge in [-0.3, -0.25) is 4.99 Å². The van der Waals surface area contributed by atoms with E-state index in [0.717, 1.165) is 42.0 Å². The number of nitrogens with zero attached hydrogens (tertiary/aromatic N) is 1. The minimum Gasteiger partial charge on any atom is -0.367 e. The zero-order valence-electron chi connectivity index (χ0n) is 19.7. The van der Waals surface area contributed by atoms with Gasteiger partial charge in [0, 0.05) is 11.8 Å². The molecular weight excluding hydrogens is 509 g/mol. The van der Waals surface area contributed by atoms with Crippen molar-refractivity contribution in [2.45, 2.75) is 55.8 Å². The topological polar surface area (TPSA) is 81.9 Å². The summed E-state index contributed by atoms with van der Waals surface area (Å²) < 4.78 is 54.0. The van der Waals surface area contributed by atoms with E-state index in [1.807, 2.05) is 19.9 Å². The van der Waals surface area contributed by atoms with E-state index >= 15 is 0 Å². The summed E-state index contributed by atoms with van der Waals surface area (Å²) in [6.07, 6.45) is 1.94. The molecule has 3 atom stereocenters. The normalized spacial score (nSPS) is 16.8. The van der Waals surface area contributed by atoms with Crippen molar-refractivity contribution in [3.8, 4) is 11.8 Å². The Morgan fingerprint density at radius 1 is 1.19 bits per heavy atom. The Kier molecular flexibility index (Phi) is 9.82. The summed E-state index contributed by atoms with van der Waals surface area (Å²) in [5.41, 5.74) is 1.79. The van der Waals surface area contributed by atoms with Crippen LogP contribution in [0.2, 0.25) is 0 Å². The first-order valence-corrected chi connectivity index (χ1v) is 13.2. The molecule has 0 spiro atoms. The van der Waals surface area contributed by atoms with Crippen molar-refractivity contribution in [1.82, 2.24) is 4.72 Å². The molecule has 0 aliphatic heterocycles. The number of hydrogen-bond donors (Lipinski definition) is 3. The Morgan fingerprint density at radius 2 is 1.92 bits per heavy atom. The first-order valence-electron chi connectivity index (χ1n) is 11.3. The van der Waals surface area contributed by atoms with Crippen molar-refractivity contribution in [2.75, 3.05) is 0 Å². The maximum atomic E-state index is 12.8. The van der Waals surface area contributed by atoms with E-state index in [2.05, 4.69) is 27.6 Å². The van der Waals surface area contributed by atoms with Gasteiger partial charge in [-0.2, -0.15) is 13.2 Å². The number of aliphatic hydroxyl groups excluding tert-OH is 1. The number of alkyl halides is 3. The minimum atomic E-state index is -4.40. The highest BCUT2D eigenvalue weighted by atomic mass is 32.2. The van der Waals surface area contributed by atoms with Gasteiger partial charge >= 0.3 is 6.18 Å². The number of hydrogen-bond acceptors (Lipinski definition) is 5. The second kappa shape index (κ2) is 12.6. The SMILES string of the molecule is CC1=C(N=CC(C)C[C@H](NS(=O)c2ccc(C#Cc3ccc(C(F)(F)F)cc3)s2)C(O)O)C=CCC1. The summed E-state index contributed by atoms with van der Waals surface area (Å²) >= 11 is 1.15. The predicted molar refractivity (Wildman–Crippen MR) is 137 cm³/mol. The van der Waals surface area contributed by atoms with E-state index in [4.69, 9.17) is 0 Å². The second-order valence-corrected chi connectivity index (χ2v) is 11.0. The van der Waals surface area contributed by atoms with Crippen molar-refractivity contribution in [3.05, 3.63) is 75.8 Å². The quantitative estimate of drug-likeness (QED) is 0.247. The van der Waals surface area contributed by atoms with Gasteiger partial charge < -0.3 is 10.2 Å². The monoisotopic (exact) mass is 536 g/mol. The Labute approximate surface area is 215 Å². The number of aliphatic imine (C=N–C) groups is 1. The van der Waals surface area contributed by atoms with Crippen LogP contribution < -0.4 is 4.72 Å². The zero-order valence-corrected chi connectivity index (χ0v) is 21.4. The fourth-order valence-corrected chi connectivity index (χ4v) is 5.48. The maximum absolute atomic E-state index is 12.8. The van der Waals surface area contributed by atoms with Crippen molar-refractivity contribution in [2.24, 2.45) is 10.9 Å². The summed E-state index contributed by atoms with van der Waals surface area (Å²) in [6.45, 7) is 3.93. The molecule has 0 saturated heterocycles. The van der Waals surface area contributed by atoms with Gasteiger partial charge in [0.1, 0.15) is 15.2 Å². The van der Waals surface area contributed by atoms with Gasteiger partial charge in [-0.05, 0) is 80.2 Å². The minimum absolute atomic E-state index is 0.106. The molecule has 3 N–H and O–H groups in total. The molecule has 1 aliphatic carbocycles. The molecule has 5 nitrogen and oxygen atoms in total. The van der Waals surface area contributed by atoms with Crippen molar-refractivity contribution < 1.29 is 27.6 Å². The molecule has 0 bridgehead atoms. The average Bonchev–Trinajstić information content (AvgIpc) is 3.31. The number of aliphatic hydroxyl groups is 2. The van der Waals surface area contributed by atoms with Crippen LogP contribution in [0, 0.1) is 17.8 Å². The number of benzene rings is 1. The van der Waals surface area contributed by atoms with E-state index in [1.54, 1.807) is 18.3 Å². The van der Waals surface area contributed by atoms with Crippen molar-refractivity contribution in [3.63, 3.8) is 0 Å². The fourth-order valence-electron chi connectivity index (χ4n) is 3.38. The summed E-state index contributed by atoms with van der Waals surface area (Å²) in [5, 5.41) is 19.6. The van der Waals surface area contributed by atoms with Crippen LogP contribution in [0.15, 0.2) is 69.0 Å². The van der Waals surface area contributed by atoms with Crippen LogP contribution in [0.4, 0.5) is 13.2 Å². The fraction of sp³-hybridized carbons (Fsp3) is 0.346. The summed E-state index contributed by atoms with van der Waals surface area (Å²) in [7, 11) is -1.71. The van der Waals surface area contributed by atoms with Crippen LogP contribution in [0.25, 0.3) is 0 Å².